The van der Waals surface area contributed by atoms with Crippen LogP contribution in [0.2, 0.25) is 0 Å². The van der Waals surface area contributed by atoms with Gasteiger partial charge in [-0.2, -0.15) is 11.8 Å². The second kappa shape index (κ2) is 12.7. The minimum Gasteiger partial charge on any atom is -0.352 e. The Labute approximate surface area is 261 Å². The van der Waals surface area contributed by atoms with Crippen molar-refractivity contribution in [2.75, 3.05) is 22.9 Å². The van der Waals surface area contributed by atoms with Gasteiger partial charge in [0.1, 0.15) is 16.5 Å². The van der Waals surface area contributed by atoms with Gasteiger partial charge in [0.05, 0.1) is 23.5 Å². The molecule has 0 spiro atoms. The smallest absolute Gasteiger partial charge is 0.315 e. The maximum Gasteiger partial charge on any atom is 0.315 e. The van der Waals surface area contributed by atoms with Gasteiger partial charge in [0.15, 0.2) is 0 Å². The second-order valence-electron chi connectivity index (χ2n) is 13.2. The third-order valence-electron chi connectivity index (χ3n) is 8.29. The molecule has 3 aliphatic heterocycles. The number of benzene rings is 1. The molecular weight excluding hydrogens is 586 g/mol. The molecule has 0 aliphatic carbocycles. The van der Waals surface area contributed by atoms with E-state index in [-0.39, 0.29) is 41.0 Å². The Hall–Kier alpha value is -3.81. The zero-order valence-corrected chi connectivity index (χ0v) is 26.9. The minimum absolute atomic E-state index is 0.0902. The summed E-state index contributed by atoms with van der Waals surface area (Å²) in [6.45, 7) is 9.29. The molecule has 0 bridgehead atoms. The molecule has 3 aliphatic rings. The fourth-order valence-corrected chi connectivity index (χ4v) is 6.69. The number of urea groups is 1. The number of nitrogens with one attached hydrogen (secondary N) is 7. The molecular formula is C30H43N7O6S. The third kappa shape index (κ3) is 7.28. The van der Waals surface area contributed by atoms with Gasteiger partial charge in [-0.15, -0.1) is 0 Å². The summed E-state index contributed by atoms with van der Waals surface area (Å²) in [4.78, 5) is 77.2. The number of rotatable bonds is 7. The van der Waals surface area contributed by atoms with E-state index in [0.29, 0.717) is 11.8 Å². The SMILES string of the molecule is CC1(C)NC(=O)C(C)(C)C(=O)NC(C)(C)C(=O)Nc2cc(C(=O)NCCCCC[C@@H]3SC[C@@H]4NC(=O)N[C@@H]43)ccc2NC1=O. The summed E-state index contributed by atoms with van der Waals surface area (Å²) < 4.78 is 0. The second-order valence-corrected chi connectivity index (χ2v) is 14.5. The number of anilines is 2. The first-order valence-electron chi connectivity index (χ1n) is 14.9. The van der Waals surface area contributed by atoms with Crippen molar-refractivity contribution in [2.45, 2.75) is 95.6 Å². The first-order valence-corrected chi connectivity index (χ1v) is 15.9. The van der Waals surface area contributed by atoms with Crippen LogP contribution in [0.25, 0.3) is 0 Å². The highest BCUT2D eigenvalue weighted by Crippen LogP contribution is 2.33. The third-order valence-corrected chi connectivity index (χ3v) is 9.80. The lowest BCUT2D eigenvalue weighted by atomic mass is 9.88. The molecule has 0 radical (unpaired) electrons. The van der Waals surface area contributed by atoms with E-state index in [0.717, 1.165) is 31.4 Å². The Kier molecular flexibility index (Phi) is 9.52. The van der Waals surface area contributed by atoms with Crippen molar-refractivity contribution in [3.63, 3.8) is 0 Å². The average Bonchev–Trinajstić information content (AvgIpc) is 3.49. The van der Waals surface area contributed by atoms with Gasteiger partial charge in [0.2, 0.25) is 23.6 Å². The van der Waals surface area contributed by atoms with Crippen LogP contribution in [0.3, 0.4) is 0 Å². The summed E-state index contributed by atoms with van der Waals surface area (Å²) in [5.74, 6) is -1.96. The van der Waals surface area contributed by atoms with Crippen LogP contribution in [-0.4, -0.2) is 76.3 Å². The van der Waals surface area contributed by atoms with E-state index in [2.05, 4.69) is 37.2 Å². The number of fused-ring (bicyclic) bond motifs is 2. The van der Waals surface area contributed by atoms with Crippen molar-refractivity contribution >= 4 is 58.7 Å². The molecule has 7 amide bonds. The normalized spacial score (nSPS) is 25.7. The maximum absolute atomic E-state index is 13.3. The molecule has 13 nitrogen and oxygen atoms in total. The van der Waals surface area contributed by atoms with Crippen molar-refractivity contribution in [1.82, 2.24) is 26.6 Å². The molecule has 14 heteroatoms. The number of hydrogen-bond acceptors (Lipinski definition) is 7. The number of amides is 7. The Morgan fingerprint density at radius 1 is 0.818 bits per heavy atom. The molecule has 44 heavy (non-hydrogen) atoms. The molecule has 0 saturated carbocycles. The first kappa shape index (κ1) is 33.1. The van der Waals surface area contributed by atoms with E-state index in [4.69, 9.17) is 0 Å². The van der Waals surface area contributed by atoms with Crippen LogP contribution in [-0.2, 0) is 19.2 Å². The van der Waals surface area contributed by atoms with Gasteiger partial charge in [0, 0.05) is 23.1 Å². The van der Waals surface area contributed by atoms with Crippen molar-refractivity contribution in [3.8, 4) is 0 Å². The van der Waals surface area contributed by atoms with Gasteiger partial charge in [0.25, 0.3) is 5.91 Å². The van der Waals surface area contributed by atoms with E-state index in [9.17, 15) is 28.8 Å². The summed E-state index contributed by atoms with van der Waals surface area (Å²) in [6.07, 6.45) is 3.68. The fourth-order valence-electron chi connectivity index (χ4n) is 5.15. The lowest BCUT2D eigenvalue weighted by molar-refractivity contribution is -0.145. The summed E-state index contributed by atoms with van der Waals surface area (Å²) in [5, 5.41) is 20.0. The topological polar surface area (TPSA) is 187 Å². The standard InChI is InChI=1S/C30H43N7O6S/c1-28(2)23(39)36-29(3,4)25(41)32-17-12-11-16(14-18(17)33-26(42)30(5,6)37-24(28)40)22(38)31-13-9-7-8-10-20-21-19(15-44-20)34-27(43)35-21/h11-12,14,19-21H,7-10,13,15H2,1-6H3,(H,31,38)(H,32,41)(H,33,42)(H,36,39)(H,37,40)(H2,34,35,43)/t19-,20-,21-/m0/s1. The van der Waals surface area contributed by atoms with E-state index in [1.54, 1.807) is 0 Å². The molecule has 1 aromatic rings. The molecule has 7 N–H and O–H groups in total. The Bertz CT molecular complexity index is 1360. The van der Waals surface area contributed by atoms with Gasteiger partial charge in [-0.05, 0) is 72.6 Å². The minimum atomic E-state index is -1.58. The monoisotopic (exact) mass is 629 g/mol. The average molecular weight is 630 g/mol. The van der Waals surface area contributed by atoms with E-state index in [1.807, 2.05) is 11.8 Å². The fraction of sp³-hybridized carbons (Fsp3) is 0.600. The van der Waals surface area contributed by atoms with Crippen LogP contribution >= 0.6 is 11.8 Å². The van der Waals surface area contributed by atoms with Crippen LogP contribution < -0.4 is 37.2 Å². The molecule has 3 heterocycles. The quantitative estimate of drug-likeness (QED) is 0.136. The number of hydrogen-bond donors (Lipinski definition) is 7. The Morgan fingerprint density at radius 2 is 1.43 bits per heavy atom. The van der Waals surface area contributed by atoms with Gasteiger partial charge in [-0.1, -0.05) is 12.8 Å². The van der Waals surface area contributed by atoms with Crippen molar-refractivity contribution in [1.29, 1.82) is 0 Å². The molecule has 2 fully saturated rings. The summed E-state index contributed by atoms with van der Waals surface area (Å²) in [6, 6.07) is 4.81. The van der Waals surface area contributed by atoms with Crippen molar-refractivity contribution in [2.24, 2.45) is 5.41 Å². The molecule has 0 unspecified atom stereocenters. The molecule has 240 valence electrons. The van der Waals surface area contributed by atoms with Crippen LogP contribution in [0.15, 0.2) is 18.2 Å². The van der Waals surface area contributed by atoms with E-state index < -0.39 is 40.1 Å². The van der Waals surface area contributed by atoms with Crippen LogP contribution in [0.1, 0.15) is 77.6 Å². The van der Waals surface area contributed by atoms with Gasteiger partial charge in [-0.25, -0.2) is 4.79 Å². The summed E-state index contributed by atoms with van der Waals surface area (Å²) in [5.41, 5.74) is -3.75. The van der Waals surface area contributed by atoms with E-state index in [1.165, 1.54) is 59.7 Å². The van der Waals surface area contributed by atoms with Gasteiger partial charge >= 0.3 is 6.03 Å². The highest BCUT2D eigenvalue weighted by molar-refractivity contribution is 8.00. The predicted molar refractivity (Wildman–Crippen MR) is 168 cm³/mol. The lowest BCUT2D eigenvalue weighted by Crippen LogP contribution is -2.61. The Morgan fingerprint density at radius 3 is 2.07 bits per heavy atom. The Balaban J connectivity index is 1.40. The summed E-state index contributed by atoms with van der Waals surface area (Å²) in [7, 11) is 0. The van der Waals surface area contributed by atoms with Crippen LogP contribution in [0, 0.1) is 5.41 Å². The molecule has 3 atom stereocenters. The predicted octanol–water partition coefficient (Wildman–Crippen LogP) is 1.85. The maximum atomic E-state index is 13.3. The number of unbranched alkanes of at least 4 members (excludes halogenated alkanes) is 2. The van der Waals surface area contributed by atoms with Crippen LogP contribution in [0.4, 0.5) is 16.2 Å². The highest BCUT2D eigenvalue weighted by atomic mass is 32.2. The number of carbonyl (C=O) groups is 6. The van der Waals surface area contributed by atoms with Crippen molar-refractivity contribution < 1.29 is 28.8 Å². The lowest BCUT2D eigenvalue weighted by Gasteiger charge is -2.32. The molecule has 2 saturated heterocycles. The number of thioether (sulfide) groups is 1. The number of carbonyl (C=O) groups excluding carboxylic acids is 6. The van der Waals surface area contributed by atoms with Crippen LogP contribution in [0.5, 0.6) is 0 Å². The van der Waals surface area contributed by atoms with E-state index >= 15 is 0 Å². The van der Waals surface area contributed by atoms with Gasteiger partial charge in [-0.3, -0.25) is 24.0 Å². The largest absolute Gasteiger partial charge is 0.352 e. The van der Waals surface area contributed by atoms with Gasteiger partial charge < -0.3 is 37.2 Å². The summed E-state index contributed by atoms with van der Waals surface area (Å²) >= 11 is 1.88. The molecule has 1 aromatic carbocycles. The molecule has 4 rings (SSSR count). The zero-order valence-electron chi connectivity index (χ0n) is 26.1. The zero-order chi connectivity index (χ0) is 32.4. The molecule has 0 aromatic heterocycles. The van der Waals surface area contributed by atoms with Crippen molar-refractivity contribution in [3.05, 3.63) is 23.8 Å². The highest BCUT2D eigenvalue weighted by Gasteiger charge is 2.44. The first-order chi connectivity index (χ1) is 20.5.